The molecule has 1 aliphatic heterocycles. The molecule has 1 saturated heterocycles. The van der Waals surface area contributed by atoms with Gasteiger partial charge in [0.25, 0.3) is 0 Å². The Labute approximate surface area is 107 Å². The topological polar surface area (TPSA) is 34.2 Å². The lowest BCUT2D eigenvalue weighted by Crippen LogP contribution is -2.33. The van der Waals surface area contributed by atoms with Crippen molar-refractivity contribution < 1.29 is 17.9 Å². The zero-order chi connectivity index (χ0) is 13.2. The van der Waals surface area contributed by atoms with Crippen LogP contribution in [0.5, 0.6) is 0 Å². The third kappa shape index (κ3) is 3.02. The number of halogens is 3. The molecule has 3 nitrogen and oxygen atoms in total. The fourth-order valence-electron chi connectivity index (χ4n) is 2.10. The lowest BCUT2D eigenvalue weighted by atomic mass is 10.0. The number of nitrogens with zero attached hydrogens (tertiary/aromatic N) is 1. The highest BCUT2D eigenvalue weighted by molar-refractivity contribution is 7.11. The highest BCUT2D eigenvalue weighted by Crippen LogP contribution is 2.36. The number of alkyl halides is 3. The van der Waals surface area contributed by atoms with Gasteiger partial charge in [-0.3, -0.25) is 0 Å². The molecule has 0 aliphatic carbocycles. The van der Waals surface area contributed by atoms with E-state index < -0.39 is 11.2 Å². The maximum atomic E-state index is 12.5. The number of rotatable bonds is 3. The summed E-state index contributed by atoms with van der Waals surface area (Å²) in [4.78, 5) is 4.03. The lowest BCUT2D eigenvalue weighted by Gasteiger charge is -2.29. The van der Waals surface area contributed by atoms with Crippen LogP contribution in [0.25, 0.3) is 0 Å². The van der Waals surface area contributed by atoms with Crippen LogP contribution in [0.15, 0.2) is 6.20 Å². The molecule has 1 fully saturated rings. The van der Waals surface area contributed by atoms with E-state index in [1.54, 1.807) is 7.05 Å². The molecule has 1 N–H and O–H groups in total. The molecule has 18 heavy (non-hydrogen) atoms. The molecule has 0 aromatic carbocycles. The number of aromatic nitrogens is 1. The second kappa shape index (κ2) is 5.54. The molecule has 0 amide bonds. The summed E-state index contributed by atoms with van der Waals surface area (Å²) in [5.74, 6) is 0. The predicted octanol–water partition coefficient (Wildman–Crippen LogP) is 2.99. The van der Waals surface area contributed by atoms with Gasteiger partial charge in [0.2, 0.25) is 0 Å². The Balaban J connectivity index is 2.14. The van der Waals surface area contributed by atoms with Crippen molar-refractivity contribution in [3.8, 4) is 0 Å². The van der Waals surface area contributed by atoms with Gasteiger partial charge in [0.15, 0.2) is 5.01 Å². The van der Waals surface area contributed by atoms with Gasteiger partial charge >= 0.3 is 6.18 Å². The molecule has 0 spiro atoms. The molecule has 2 unspecified atom stereocenters. The average Bonchev–Trinajstić information content (AvgIpc) is 2.81. The second-order valence-electron chi connectivity index (χ2n) is 4.24. The van der Waals surface area contributed by atoms with Crippen LogP contribution in [0.3, 0.4) is 0 Å². The monoisotopic (exact) mass is 280 g/mol. The first-order chi connectivity index (χ1) is 8.52. The van der Waals surface area contributed by atoms with E-state index in [-0.39, 0.29) is 12.1 Å². The van der Waals surface area contributed by atoms with E-state index in [4.69, 9.17) is 4.74 Å². The Morgan fingerprint density at radius 3 is 2.78 bits per heavy atom. The van der Waals surface area contributed by atoms with Crippen molar-refractivity contribution in [3.05, 3.63) is 16.1 Å². The summed E-state index contributed by atoms with van der Waals surface area (Å²) in [6.07, 6.45) is -0.200. The van der Waals surface area contributed by atoms with Crippen LogP contribution >= 0.6 is 11.3 Å². The second-order valence-corrected chi connectivity index (χ2v) is 5.30. The van der Waals surface area contributed by atoms with Gasteiger partial charge in [0.05, 0.1) is 12.1 Å². The van der Waals surface area contributed by atoms with Crippen molar-refractivity contribution >= 4 is 11.3 Å². The SMILES string of the molecule is CNC(c1cnc(C(F)(F)F)s1)C1CCCCO1. The highest BCUT2D eigenvalue weighted by Gasteiger charge is 2.36. The molecule has 1 aromatic heterocycles. The summed E-state index contributed by atoms with van der Waals surface area (Å²) >= 11 is 0.688. The van der Waals surface area contributed by atoms with E-state index in [0.717, 1.165) is 19.3 Å². The predicted molar refractivity (Wildman–Crippen MR) is 62.5 cm³/mol. The van der Waals surface area contributed by atoms with Gasteiger partial charge in [0, 0.05) is 17.7 Å². The van der Waals surface area contributed by atoms with Crippen molar-refractivity contribution in [1.29, 1.82) is 0 Å². The van der Waals surface area contributed by atoms with Gasteiger partial charge in [-0.15, -0.1) is 11.3 Å². The Kier molecular flexibility index (Phi) is 4.24. The van der Waals surface area contributed by atoms with Crippen molar-refractivity contribution in [2.24, 2.45) is 0 Å². The molecule has 0 saturated carbocycles. The number of likely N-dealkylation sites (N-methyl/N-ethyl adjacent to an activating group) is 1. The molecular formula is C11H15F3N2OS. The van der Waals surface area contributed by atoms with E-state index in [1.807, 2.05) is 0 Å². The van der Waals surface area contributed by atoms with Crippen molar-refractivity contribution in [2.75, 3.05) is 13.7 Å². The van der Waals surface area contributed by atoms with E-state index in [9.17, 15) is 13.2 Å². The molecular weight excluding hydrogens is 265 g/mol. The third-order valence-corrected chi connectivity index (χ3v) is 4.10. The van der Waals surface area contributed by atoms with Crippen molar-refractivity contribution in [3.63, 3.8) is 0 Å². The van der Waals surface area contributed by atoms with Crippen LogP contribution in [0.4, 0.5) is 13.2 Å². The minimum Gasteiger partial charge on any atom is -0.376 e. The fraction of sp³-hybridized carbons (Fsp3) is 0.727. The Bertz CT molecular complexity index is 388. The van der Waals surface area contributed by atoms with Crippen molar-refractivity contribution in [1.82, 2.24) is 10.3 Å². The molecule has 1 aliphatic rings. The quantitative estimate of drug-likeness (QED) is 0.924. The van der Waals surface area contributed by atoms with Crippen molar-refractivity contribution in [2.45, 2.75) is 37.6 Å². The normalized spacial score (nSPS) is 23.0. The first-order valence-electron chi connectivity index (χ1n) is 5.84. The number of hydrogen-bond acceptors (Lipinski definition) is 4. The minimum absolute atomic E-state index is 0.0646. The molecule has 7 heteroatoms. The van der Waals surface area contributed by atoms with Crippen LogP contribution in [0, 0.1) is 0 Å². The first kappa shape index (κ1) is 13.8. The van der Waals surface area contributed by atoms with E-state index in [2.05, 4.69) is 10.3 Å². The van der Waals surface area contributed by atoms with E-state index in [1.165, 1.54) is 6.20 Å². The molecule has 1 aromatic rings. The summed E-state index contributed by atoms with van der Waals surface area (Å²) in [6, 6.07) is -0.209. The van der Waals surface area contributed by atoms with Crippen LogP contribution in [0.1, 0.15) is 35.2 Å². The zero-order valence-electron chi connectivity index (χ0n) is 9.96. The highest BCUT2D eigenvalue weighted by atomic mass is 32.1. The van der Waals surface area contributed by atoms with Gasteiger partial charge < -0.3 is 10.1 Å². The van der Waals surface area contributed by atoms with E-state index in [0.29, 0.717) is 22.8 Å². The van der Waals surface area contributed by atoms with Crippen LogP contribution in [0.2, 0.25) is 0 Å². The van der Waals surface area contributed by atoms with Crippen LogP contribution < -0.4 is 5.32 Å². The Morgan fingerprint density at radius 2 is 2.28 bits per heavy atom. The molecule has 0 radical (unpaired) electrons. The molecule has 2 rings (SSSR count). The van der Waals surface area contributed by atoms with Crippen LogP contribution in [-0.4, -0.2) is 24.7 Å². The van der Waals surface area contributed by atoms with Gasteiger partial charge in [-0.05, 0) is 26.3 Å². The third-order valence-electron chi connectivity index (χ3n) is 2.97. The largest absolute Gasteiger partial charge is 0.443 e. The zero-order valence-corrected chi connectivity index (χ0v) is 10.8. The summed E-state index contributed by atoms with van der Waals surface area (Å²) in [7, 11) is 1.73. The van der Waals surface area contributed by atoms with E-state index >= 15 is 0 Å². The minimum atomic E-state index is -4.37. The smallest absolute Gasteiger partial charge is 0.376 e. The van der Waals surface area contributed by atoms with Gasteiger partial charge in [-0.2, -0.15) is 13.2 Å². The summed E-state index contributed by atoms with van der Waals surface area (Å²) in [5.41, 5.74) is 0. The number of nitrogens with one attached hydrogen (secondary N) is 1. The molecule has 2 heterocycles. The summed E-state index contributed by atoms with van der Waals surface area (Å²) in [6.45, 7) is 0.674. The fourth-order valence-corrected chi connectivity index (χ4v) is 3.05. The first-order valence-corrected chi connectivity index (χ1v) is 6.66. The lowest BCUT2D eigenvalue weighted by molar-refractivity contribution is -0.137. The summed E-state index contributed by atoms with van der Waals surface area (Å²) in [5, 5.41) is 2.23. The molecule has 0 bridgehead atoms. The van der Waals surface area contributed by atoms with Gasteiger partial charge in [0.1, 0.15) is 0 Å². The van der Waals surface area contributed by atoms with Gasteiger partial charge in [-0.1, -0.05) is 0 Å². The van der Waals surface area contributed by atoms with Gasteiger partial charge in [-0.25, -0.2) is 4.98 Å². The standard InChI is InChI=1S/C11H15F3N2OS/c1-15-9(7-4-2-3-5-17-7)8-6-16-10(18-8)11(12,13)14/h6-7,9,15H,2-5H2,1H3. The average molecular weight is 280 g/mol. The maximum Gasteiger partial charge on any atom is 0.443 e. The Hall–Kier alpha value is -0.660. The maximum absolute atomic E-state index is 12.5. The Morgan fingerprint density at radius 1 is 1.50 bits per heavy atom. The van der Waals surface area contributed by atoms with Crippen LogP contribution in [-0.2, 0) is 10.9 Å². The number of thiazole rings is 1. The number of hydrogen-bond donors (Lipinski definition) is 1. The summed E-state index contributed by atoms with van der Waals surface area (Å²) < 4.78 is 43.1. The number of ether oxygens (including phenoxy) is 1. The molecule has 102 valence electrons. The molecule has 2 atom stereocenters.